The van der Waals surface area contributed by atoms with Crippen molar-refractivity contribution in [3.63, 3.8) is 0 Å². The number of urea groups is 1. The van der Waals surface area contributed by atoms with Crippen molar-refractivity contribution in [2.45, 2.75) is 26.7 Å². The van der Waals surface area contributed by atoms with Crippen LogP contribution in [0.25, 0.3) is 16.9 Å². The number of nitrogens with one attached hydrogen (secondary N) is 2. The van der Waals surface area contributed by atoms with Gasteiger partial charge in [-0.2, -0.15) is 5.10 Å². The summed E-state index contributed by atoms with van der Waals surface area (Å²) < 4.78 is 1.71. The molecule has 0 aliphatic carbocycles. The molecule has 7 nitrogen and oxygen atoms in total. The Kier molecular flexibility index (Phi) is 8.13. The lowest BCUT2D eigenvalue weighted by Crippen LogP contribution is -2.41. The Morgan fingerprint density at radius 3 is 2.28 bits per heavy atom. The van der Waals surface area contributed by atoms with Crippen molar-refractivity contribution in [3.05, 3.63) is 96.6 Å². The molecular formula is C29H31N5O2. The van der Waals surface area contributed by atoms with Crippen LogP contribution in [0.3, 0.4) is 0 Å². The minimum absolute atomic E-state index is 0.0756. The summed E-state index contributed by atoms with van der Waals surface area (Å²) in [6, 6.07) is 28.7. The van der Waals surface area contributed by atoms with Gasteiger partial charge in [0, 0.05) is 23.9 Å². The Hall–Kier alpha value is -4.39. The molecule has 0 saturated heterocycles. The number of para-hydroxylation sites is 1. The summed E-state index contributed by atoms with van der Waals surface area (Å²) in [5.41, 5.74) is 4.37. The molecule has 7 heteroatoms. The fraction of sp³-hybridized carbons (Fsp3) is 0.207. The molecule has 3 aromatic carbocycles. The van der Waals surface area contributed by atoms with Crippen molar-refractivity contribution < 1.29 is 9.59 Å². The molecule has 184 valence electrons. The van der Waals surface area contributed by atoms with Crippen LogP contribution in [-0.4, -0.2) is 39.7 Å². The second-order valence-electron chi connectivity index (χ2n) is 8.48. The van der Waals surface area contributed by atoms with E-state index in [1.807, 2.05) is 97.9 Å². The second kappa shape index (κ2) is 11.8. The van der Waals surface area contributed by atoms with Crippen LogP contribution in [0, 0.1) is 0 Å². The van der Waals surface area contributed by atoms with Gasteiger partial charge in [0.25, 0.3) is 0 Å². The average Bonchev–Trinajstić information content (AvgIpc) is 3.33. The third-order valence-electron chi connectivity index (χ3n) is 5.75. The predicted octanol–water partition coefficient (Wildman–Crippen LogP) is 5.98. The van der Waals surface area contributed by atoms with Gasteiger partial charge in [-0.15, -0.1) is 0 Å². The van der Waals surface area contributed by atoms with E-state index in [9.17, 15) is 9.59 Å². The Morgan fingerprint density at radius 2 is 1.58 bits per heavy atom. The number of hydrogen-bond acceptors (Lipinski definition) is 3. The van der Waals surface area contributed by atoms with Crippen LogP contribution in [0.1, 0.15) is 25.8 Å². The number of hydrogen-bond donors (Lipinski definition) is 2. The largest absolute Gasteiger partial charge is 0.322 e. The first-order valence-electron chi connectivity index (χ1n) is 12.2. The lowest BCUT2D eigenvalue weighted by molar-refractivity contribution is -0.116. The molecule has 0 saturated carbocycles. The van der Waals surface area contributed by atoms with Crippen LogP contribution >= 0.6 is 0 Å². The summed E-state index contributed by atoms with van der Waals surface area (Å²) in [5, 5.41) is 10.6. The third-order valence-corrected chi connectivity index (χ3v) is 5.75. The Bertz CT molecular complexity index is 1300. The smallest absolute Gasteiger partial charge is 0.315 e. The van der Waals surface area contributed by atoms with Crippen molar-refractivity contribution in [3.8, 4) is 16.9 Å². The highest BCUT2D eigenvalue weighted by atomic mass is 16.2. The van der Waals surface area contributed by atoms with Crippen molar-refractivity contribution in [1.82, 2.24) is 14.7 Å². The van der Waals surface area contributed by atoms with E-state index in [-0.39, 0.29) is 18.5 Å². The van der Waals surface area contributed by atoms with Crippen LogP contribution in [-0.2, 0) is 11.2 Å². The SMILES string of the molecule is CCCN(CC(=O)Nc1cc(-c2ccccc2)nn1-c1ccccc1)C(=O)Nc1cccc(CC)c1. The zero-order chi connectivity index (χ0) is 25.3. The van der Waals surface area contributed by atoms with Crippen LogP contribution in [0.4, 0.5) is 16.3 Å². The lowest BCUT2D eigenvalue weighted by atomic mass is 10.1. The minimum Gasteiger partial charge on any atom is -0.315 e. The zero-order valence-electron chi connectivity index (χ0n) is 20.6. The molecule has 4 rings (SSSR count). The third kappa shape index (κ3) is 6.18. The highest BCUT2D eigenvalue weighted by Gasteiger charge is 2.19. The Morgan fingerprint density at radius 1 is 0.861 bits per heavy atom. The van der Waals surface area contributed by atoms with E-state index in [0.717, 1.165) is 41.0 Å². The number of nitrogens with zero attached hydrogens (tertiary/aromatic N) is 3. The number of rotatable bonds is 9. The van der Waals surface area contributed by atoms with Gasteiger partial charge < -0.3 is 15.5 Å². The van der Waals surface area contributed by atoms with Gasteiger partial charge in [-0.1, -0.05) is 74.5 Å². The first-order valence-corrected chi connectivity index (χ1v) is 12.2. The lowest BCUT2D eigenvalue weighted by Gasteiger charge is -2.22. The highest BCUT2D eigenvalue weighted by Crippen LogP contribution is 2.24. The number of aryl methyl sites for hydroxylation is 1. The molecule has 0 radical (unpaired) electrons. The van der Waals surface area contributed by atoms with E-state index in [1.165, 1.54) is 4.90 Å². The van der Waals surface area contributed by atoms with E-state index in [1.54, 1.807) is 4.68 Å². The monoisotopic (exact) mass is 481 g/mol. The second-order valence-corrected chi connectivity index (χ2v) is 8.48. The van der Waals surface area contributed by atoms with Crippen LogP contribution in [0.2, 0.25) is 0 Å². The summed E-state index contributed by atoms with van der Waals surface area (Å²) in [4.78, 5) is 27.6. The number of aromatic nitrogens is 2. The van der Waals surface area contributed by atoms with Gasteiger partial charge in [0.1, 0.15) is 12.4 Å². The topological polar surface area (TPSA) is 79.3 Å². The number of carbonyl (C=O) groups excluding carboxylic acids is 2. The molecule has 0 aliphatic heterocycles. The number of benzene rings is 3. The molecule has 0 fully saturated rings. The maximum Gasteiger partial charge on any atom is 0.322 e. The molecule has 0 spiro atoms. The molecule has 0 atom stereocenters. The van der Waals surface area contributed by atoms with Crippen LogP contribution in [0.15, 0.2) is 91.0 Å². The van der Waals surface area contributed by atoms with E-state index in [4.69, 9.17) is 5.10 Å². The van der Waals surface area contributed by atoms with Crippen LogP contribution in [0.5, 0.6) is 0 Å². The fourth-order valence-electron chi connectivity index (χ4n) is 3.94. The molecule has 36 heavy (non-hydrogen) atoms. The standard InChI is InChI=1S/C29H31N5O2/c1-3-18-33(29(36)30-24-15-11-12-22(4-2)19-24)21-28(35)31-27-20-26(23-13-7-5-8-14-23)32-34(27)25-16-9-6-10-17-25/h5-17,19-20H,3-4,18,21H2,1-2H3,(H,30,36)(H,31,35). The van der Waals surface area contributed by atoms with Crippen molar-refractivity contribution in [2.24, 2.45) is 0 Å². The van der Waals surface area contributed by atoms with Gasteiger partial charge in [-0.05, 0) is 42.7 Å². The highest BCUT2D eigenvalue weighted by molar-refractivity contribution is 5.97. The quantitative estimate of drug-likeness (QED) is 0.308. The molecular weight excluding hydrogens is 450 g/mol. The fourth-order valence-corrected chi connectivity index (χ4v) is 3.94. The number of carbonyl (C=O) groups is 2. The average molecular weight is 482 g/mol. The normalized spacial score (nSPS) is 10.6. The maximum absolute atomic E-state index is 13.1. The molecule has 4 aromatic rings. The summed E-state index contributed by atoms with van der Waals surface area (Å²) in [6.45, 7) is 4.43. The molecule has 1 heterocycles. The van der Waals surface area contributed by atoms with Gasteiger partial charge in [-0.3, -0.25) is 4.79 Å². The van der Waals surface area contributed by atoms with E-state index in [2.05, 4.69) is 17.6 Å². The first-order chi connectivity index (χ1) is 17.6. The van der Waals surface area contributed by atoms with Gasteiger partial charge in [0.15, 0.2) is 0 Å². The predicted molar refractivity (Wildman–Crippen MR) is 144 cm³/mol. The summed E-state index contributed by atoms with van der Waals surface area (Å²) >= 11 is 0. The molecule has 2 N–H and O–H groups in total. The first kappa shape index (κ1) is 24.7. The van der Waals surface area contributed by atoms with Crippen LogP contribution < -0.4 is 10.6 Å². The summed E-state index contributed by atoms with van der Waals surface area (Å²) in [7, 11) is 0. The van der Waals surface area contributed by atoms with E-state index in [0.29, 0.717) is 12.4 Å². The molecule has 0 bridgehead atoms. The van der Waals surface area contributed by atoms with E-state index < -0.39 is 0 Å². The minimum atomic E-state index is -0.304. The molecule has 1 aromatic heterocycles. The van der Waals surface area contributed by atoms with Gasteiger partial charge >= 0.3 is 6.03 Å². The molecule has 3 amide bonds. The van der Waals surface area contributed by atoms with Gasteiger partial charge in [0.05, 0.1) is 11.4 Å². The Balaban J connectivity index is 1.52. The van der Waals surface area contributed by atoms with Crippen molar-refractivity contribution in [2.75, 3.05) is 23.7 Å². The summed E-state index contributed by atoms with van der Waals surface area (Å²) in [6.07, 6.45) is 1.61. The van der Waals surface area contributed by atoms with E-state index >= 15 is 0 Å². The van der Waals surface area contributed by atoms with Gasteiger partial charge in [0.2, 0.25) is 5.91 Å². The van der Waals surface area contributed by atoms with Crippen molar-refractivity contribution in [1.29, 1.82) is 0 Å². The zero-order valence-corrected chi connectivity index (χ0v) is 20.6. The number of amides is 3. The molecule has 0 unspecified atom stereocenters. The Labute approximate surface area is 211 Å². The van der Waals surface area contributed by atoms with Crippen molar-refractivity contribution >= 4 is 23.4 Å². The van der Waals surface area contributed by atoms with Gasteiger partial charge in [-0.25, -0.2) is 9.48 Å². The molecule has 0 aliphatic rings. The number of anilines is 2. The maximum atomic E-state index is 13.1. The summed E-state index contributed by atoms with van der Waals surface area (Å²) in [5.74, 6) is 0.246.